The van der Waals surface area contributed by atoms with E-state index in [1.807, 2.05) is 62.4 Å². The van der Waals surface area contributed by atoms with Gasteiger partial charge in [-0.1, -0.05) is 6.07 Å². The van der Waals surface area contributed by atoms with Gasteiger partial charge in [0.2, 0.25) is 0 Å². The van der Waals surface area contributed by atoms with Crippen LogP contribution in [0.3, 0.4) is 0 Å². The Labute approximate surface area is 154 Å². The third-order valence-electron chi connectivity index (χ3n) is 3.34. The molecule has 2 aromatic carbocycles. The minimum Gasteiger partial charge on any atom is -0.497 e. The molecule has 1 atom stereocenters. The van der Waals surface area contributed by atoms with Gasteiger partial charge in [-0.25, -0.2) is 0 Å². The molecule has 0 aliphatic heterocycles. The van der Waals surface area contributed by atoms with Gasteiger partial charge in [-0.2, -0.15) is 0 Å². The highest BCUT2D eigenvalue weighted by Crippen LogP contribution is 2.18. The summed E-state index contributed by atoms with van der Waals surface area (Å²) in [4.78, 5) is 0. The third kappa shape index (κ3) is 6.51. The Kier molecular flexibility index (Phi) is 7.35. The van der Waals surface area contributed by atoms with Crippen molar-refractivity contribution in [1.29, 1.82) is 0 Å². The molecular formula is C19H24N2O3S. The van der Waals surface area contributed by atoms with Gasteiger partial charge in [-0.15, -0.1) is 0 Å². The fourth-order valence-electron chi connectivity index (χ4n) is 2.16. The number of benzene rings is 2. The van der Waals surface area contributed by atoms with Gasteiger partial charge in [0.25, 0.3) is 0 Å². The maximum Gasteiger partial charge on any atom is 0.171 e. The van der Waals surface area contributed by atoms with E-state index in [2.05, 4.69) is 10.6 Å². The number of hydrogen-bond donors (Lipinski definition) is 2. The standard InChI is InChI=1S/C19H24N2O3S/c1-4-23-18-7-5-6-15(12-18)21-19(25)20-14(2)13-24-17-10-8-16(22-3)9-11-17/h5-12,14H,4,13H2,1-3H3,(H2,20,21,25). The van der Waals surface area contributed by atoms with E-state index in [-0.39, 0.29) is 6.04 Å². The number of ether oxygens (including phenoxy) is 3. The van der Waals surface area contributed by atoms with Gasteiger partial charge in [0.1, 0.15) is 23.9 Å². The smallest absolute Gasteiger partial charge is 0.171 e. The molecule has 2 N–H and O–H groups in total. The zero-order valence-electron chi connectivity index (χ0n) is 14.7. The average Bonchev–Trinajstić information content (AvgIpc) is 2.61. The second kappa shape index (κ2) is 9.74. The number of anilines is 1. The Morgan fingerprint density at radius 1 is 1.04 bits per heavy atom. The molecule has 0 saturated heterocycles. The molecule has 0 aliphatic rings. The molecule has 6 heteroatoms. The van der Waals surface area contributed by atoms with E-state index in [1.54, 1.807) is 7.11 Å². The number of hydrogen-bond acceptors (Lipinski definition) is 4. The summed E-state index contributed by atoms with van der Waals surface area (Å²) in [5, 5.41) is 6.90. The van der Waals surface area contributed by atoms with E-state index in [0.717, 1.165) is 22.9 Å². The minimum atomic E-state index is 0.0529. The Hall–Kier alpha value is -2.47. The summed E-state index contributed by atoms with van der Waals surface area (Å²) in [6.45, 7) is 5.09. The van der Waals surface area contributed by atoms with Crippen molar-refractivity contribution >= 4 is 23.0 Å². The molecule has 2 aromatic rings. The first kappa shape index (κ1) is 18.9. The quantitative estimate of drug-likeness (QED) is 0.698. The summed E-state index contributed by atoms with van der Waals surface area (Å²) in [7, 11) is 1.64. The van der Waals surface area contributed by atoms with Crippen LogP contribution in [0.25, 0.3) is 0 Å². The summed E-state index contributed by atoms with van der Waals surface area (Å²) in [6.07, 6.45) is 0. The van der Waals surface area contributed by atoms with Crippen LogP contribution in [0, 0.1) is 0 Å². The lowest BCUT2D eigenvalue weighted by atomic mass is 10.3. The van der Waals surface area contributed by atoms with Gasteiger partial charge in [0, 0.05) is 11.8 Å². The van der Waals surface area contributed by atoms with Crippen LogP contribution in [0.1, 0.15) is 13.8 Å². The molecule has 0 bridgehead atoms. The lowest BCUT2D eigenvalue weighted by molar-refractivity contribution is 0.286. The molecule has 0 fully saturated rings. The number of methoxy groups -OCH3 is 1. The predicted octanol–water partition coefficient (Wildman–Crippen LogP) is 3.85. The van der Waals surface area contributed by atoms with Crippen LogP contribution in [0.2, 0.25) is 0 Å². The van der Waals surface area contributed by atoms with Crippen molar-refractivity contribution < 1.29 is 14.2 Å². The van der Waals surface area contributed by atoms with Crippen LogP contribution in [0.15, 0.2) is 48.5 Å². The summed E-state index contributed by atoms with van der Waals surface area (Å²) in [5.41, 5.74) is 0.881. The van der Waals surface area contributed by atoms with Crippen molar-refractivity contribution in [3.05, 3.63) is 48.5 Å². The van der Waals surface area contributed by atoms with Crippen LogP contribution in [0.5, 0.6) is 17.2 Å². The Morgan fingerprint density at radius 3 is 2.44 bits per heavy atom. The summed E-state index contributed by atoms with van der Waals surface area (Å²) in [6, 6.07) is 15.2. The van der Waals surface area contributed by atoms with E-state index in [9.17, 15) is 0 Å². The van der Waals surface area contributed by atoms with Crippen molar-refractivity contribution in [2.24, 2.45) is 0 Å². The zero-order valence-corrected chi connectivity index (χ0v) is 15.6. The second-order valence-electron chi connectivity index (χ2n) is 5.45. The van der Waals surface area contributed by atoms with Crippen molar-refractivity contribution in [2.45, 2.75) is 19.9 Å². The van der Waals surface area contributed by atoms with E-state index < -0.39 is 0 Å². The van der Waals surface area contributed by atoms with Crippen molar-refractivity contribution in [1.82, 2.24) is 5.32 Å². The average molecular weight is 360 g/mol. The molecule has 0 aromatic heterocycles. The number of thiocarbonyl (C=S) groups is 1. The van der Waals surface area contributed by atoms with Crippen LogP contribution >= 0.6 is 12.2 Å². The van der Waals surface area contributed by atoms with Crippen molar-refractivity contribution in [2.75, 3.05) is 25.6 Å². The van der Waals surface area contributed by atoms with Crippen LogP contribution in [0.4, 0.5) is 5.69 Å². The van der Waals surface area contributed by atoms with Crippen molar-refractivity contribution in [3.8, 4) is 17.2 Å². The molecule has 25 heavy (non-hydrogen) atoms. The maximum absolute atomic E-state index is 5.74. The molecule has 0 amide bonds. The summed E-state index contributed by atoms with van der Waals surface area (Å²) >= 11 is 5.35. The Balaban J connectivity index is 1.78. The SMILES string of the molecule is CCOc1cccc(NC(=S)NC(C)COc2ccc(OC)cc2)c1. The molecular weight excluding hydrogens is 336 g/mol. The minimum absolute atomic E-state index is 0.0529. The lowest BCUT2D eigenvalue weighted by Gasteiger charge is -2.18. The Morgan fingerprint density at radius 2 is 1.76 bits per heavy atom. The number of rotatable bonds is 8. The zero-order chi connectivity index (χ0) is 18.1. The second-order valence-corrected chi connectivity index (χ2v) is 5.86. The topological polar surface area (TPSA) is 51.8 Å². The van der Waals surface area contributed by atoms with Crippen LogP contribution < -0.4 is 24.8 Å². The highest BCUT2D eigenvalue weighted by atomic mass is 32.1. The largest absolute Gasteiger partial charge is 0.497 e. The fourth-order valence-corrected chi connectivity index (χ4v) is 2.48. The maximum atomic E-state index is 5.74. The first-order valence-corrected chi connectivity index (χ1v) is 8.58. The fraction of sp³-hybridized carbons (Fsp3) is 0.316. The highest BCUT2D eigenvalue weighted by Gasteiger charge is 2.06. The van der Waals surface area contributed by atoms with Gasteiger partial charge in [-0.3, -0.25) is 0 Å². The molecule has 0 radical (unpaired) electrons. The van der Waals surface area contributed by atoms with Gasteiger partial charge in [-0.05, 0) is 62.5 Å². The number of nitrogens with one attached hydrogen (secondary N) is 2. The van der Waals surface area contributed by atoms with Gasteiger partial charge < -0.3 is 24.8 Å². The summed E-state index contributed by atoms with van der Waals surface area (Å²) < 4.78 is 16.3. The van der Waals surface area contributed by atoms with Crippen LogP contribution in [-0.2, 0) is 0 Å². The van der Waals surface area contributed by atoms with Gasteiger partial charge >= 0.3 is 0 Å². The predicted molar refractivity (Wildman–Crippen MR) is 105 cm³/mol. The molecule has 0 spiro atoms. The molecule has 134 valence electrons. The molecule has 0 aliphatic carbocycles. The molecule has 5 nitrogen and oxygen atoms in total. The highest BCUT2D eigenvalue weighted by molar-refractivity contribution is 7.80. The van der Waals surface area contributed by atoms with Gasteiger partial charge in [0.15, 0.2) is 5.11 Å². The summed E-state index contributed by atoms with van der Waals surface area (Å²) in [5.74, 6) is 2.40. The van der Waals surface area contributed by atoms with E-state index in [1.165, 1.54) is 0 Å². The Bertz CT molecular complexity index is 677. The van der Waals surface area contributed by atoms with Gasteiger partial charge in [0.05, 0.1) is 19.8 Å². The monoisotopic (exact) mass is 360 g/mol. The molecule has 2 rings (SSSR count). The first-order chi connectivity index (χ1) is 12.1. The van der Waals surface area contributed by atoms with Crippen molar-refractivity contribution in [3.63, 3.8) is 0 Å². The molecule has 0 saturated carbocycles. The normalized spacial score (nSPS) is 11.3. The van der Waals surface area contributed by atoms with E-state index in [0.29, 0.717) is 18.3 Å². The third-order valence-corrected chi connectivity index (χ3v) is 3.56. The molecule has 0 heterocycles. The van der Waals surface area contributed by atoms with E-state index in [4.69, 9.17) is 26.4 Å². The lowest BCUT2D eigenvalue weighted by Crippen LogP contribution is -2.39. The molecule has 1 unspecified atom stereocenters. The van der Waals surface area contributed by atoms with E-state index >= 15 is 0 Å². The van der Waals surface area contributed by atoms with Crippen LogP contribution in [-0.4, -0.2) is 31.5 Å². The first-order valence-electron chi connectivity index (χ1n) is 8.18.